The van der Waals surface area contributed by atoms with Gasteiger partial charge in [0, 0.05) is 12.6 Å². The van der Waals surface area contributed by atoms with Crippen molar-refractivity contribution >= 4 is 0 Å². The molecule has 2 N–H and O–H groups in total. The lowest BCUT2D eigenvalue weighted by Gasteiger charge is -2.35. The summed E-state index contributed by atoms with van der Waals surface area (Å²) >= 11 is 0. The van der Waals surface area contributed by atoms with Crippen LogP contribution in [-0.2, 0) is 0 Å². The number of nitrogens with one attached hydrogen (secondary N) is 1. The third-order valence-electron chi connectivity index (χ3n) is 3.72. The molecule has 2 heteroatoms. The summed E-state index contributed by atoms with van der Waals surface area (Å²) in [6, 6.07) is 0.631. The fourth-order valence-corrected chi connectivity index (χ4v) is 2.13. The Hall–Kier alpha value is -0.0800. The highest BCUT2D eigenvalue weighted by Crippen LogP contribution is 2.34. The SMILES string of the molecule is CC(C)C(O)CNC1CCC(C)(C)CC1. The summed E-state index contributed by atoms with van der Waals surface area (Å²) in [6.45, 7) is 9.59. The zero-order chi connectivity index (χ0) is 11.5. The van der Waals surface area contributed by atoms with Crippen molar-refractivity contribution in [3.05, 3.63) is 0 Å². The van der Waals surface area contributed by atoms with E-state index in [9.17, 15) is 5.11 Å². The van der Waals surface area contributed by atoms with Gasteiger partial charge in [0.25, 0.3) is 0 Å². The zero-order valence-electron chi connectivity index (χ0n) is 10.7. The molecule has 1 aliphatic rings. The number of aliphatic hydroxyl groups excluding tert-OH is 1. The van der Waals surface area contributed by atoms with Gasteiger partial charge in [0.1, 0.15) is 0 Å². The topological polar surface area (TPSA) is 32.3 Å². The van der Waals surface area contributed by atoms with E-state index in [1.54, 1.807) is 0 Å². The van der Waals surface area contributed by atoms with Crippen molar-refractivity contribution in [2.75, 3.05) is 6.54 Å². The summed E-state index contributed by atoms with van der Waals surface area (Å²) in [6.07, 6.45) is 4.94. The van der Waals surface area contributed by atoms with E-state index in [2.05, 4.69) is 33.0 Å². The van der Waals surface area contributed by atoms with Gasteiger partial charge in [-0.05, 0) is 37.0 Å². The molecule has 0 radical (unpaired) electrons. The molecule has 1 aliphatic carbocycles. The van der Waals surface area contributed by atoms with Gasteiger partial charge in [-0.2, -0.15) is 0 Å². The Labute approximate surface area is 94.5 Å². The zero-order valence-corrected chi connectivity index (χ0v) is 10.7. The van der Waals surface area contributed by atoms with Crippen molar-refractivity contribution < 1.29 is 5.11 Å². The van der Waals surface area contributed by atoms with Gasteiger partial charge in [0.15, 0.2) is 0 Å². The first-order valence-corrected chi connectivity index (χ1v) is 6.32. The Morgan fingerprint density at radius 3 is 2.27 bits per heavy atom. The molecule has 90 valence electrons. The Morgan fingerprint density at radius 2 is 1.80 bits per heavy atom. The molecule has 0 bridgehead atoms. The molecule has 1 rings (SSSR count). The highest BCUT2D eigenvalue weighted by molar-refractivity contribution is 4.82. The summed E-state index contributed by atoms with van der Waals surface area (Å²) in [5.41, 5.74) is 0.537. The van der Waals surface area contributed by atoms with Crippen LogP contribution < -0.4 is 5.32 Å². The van der Waals surface area contributed by atoms with Crippen LogP contribution in [0.1, 0.15) is 53.4 Å². The molecule has 1 unspecified atom stereocenters. The van der Waals surface area contributed by atoms with Gasteiger partial charge in [-0.15, -0.1) is 0 Å². The lowest BCUT2D eigenvalue weighted by Crippen LogP contribution is -2.40. The minimum atomic E-state index is -0.195. The van der Waals surface area contributed by atoms with Crippen LogP contribution in [-0.4, -0.2) is 23.8 Å². The Bertz CT molecular complexity index is 179. The van der Waals surface area contributed by atoms with Crippen molar-refractivity contribution in [3.8, 4) is 0 Å². The van der Waals surface area contributed by atoms with Crippen LogP contribution in [0, 0.1) is 11.3 Å². The molecule has 0 aliphatic heterocycles. The first-order valence-electron chi connectivity index (χ1n) is 6.32. The van der Waals surface area contributed by atoms with E-state index in [0.29, 0.717) is 17.4 Å². The standard InChI is InChI=1S/C13H27NO/c1-10(2)12(15)9-14-11-5-7-13(3,4)8-6-11/h10-12,14-15H,5-9H2,1-4H3. The molecule has 0 amide bonds. The van der Waals surface area contributed by atoms with Crippen molar-refractivity contribution in [2.24, 2.45) is 11.3 Å². The van der Waals surface area contributed by atoms with E-state index in [4.69, 9.17) is 0 Å². The summed E-state index contributed by atoms with van der Waals surface area (Å²) in [7, 11) is 0. The maximum Gasteiger partial charge on any atom is 0.0687 e. The van der Waals surface area contributed by atoms with Gasteiger partial charge in [0.05, 0.1) is 6.10 Å². The lowest BCUT2D eigenvalue weighted by molar-refractivity contribution is 0.112. The van der Waals surface area contributed by atoms with Gasteiger partial charge < -0.3 is 10.4 Å². The molecule has 1 atom stereocenters. The fraction of sp³-hybridized carbons (Fsp3) is 1.00. The van der Waals surface area contributed by atoms with E-state index in [0.717, 1.165) is 6.54 Å². The average molecular weight is 213 g/mol. The minimum Gasteiger partial charge on any atom is -0.392 e. The van der Waals surface area contributed by atoms with Crippen LogP contribution in [0.4, 0.5) is 0 Å². The highest BCUT2D eigenvalue weighted by Gasteiger charge is 2.26. The Kier molecular flexibility index (Phi) is 4.60. The van der Waals surface area contributed by atoms with E-state index < -0.39 is 0 Å². The van der Waals surface area contributed by atoms with Crippen LogP contribution in [0.2, 0.25) is 0 Å². The molecule has 15 heavy (non-hydrogen) atoms. The molecule has 0 aromatic heterocycles. The second-order valence-corrected chi connectivity index (χ2v) is 6.16. The first-order chi connectivity index (χ1) is 6.91. The number of hydrogen-bond acceptors (Lipinski definition) is 2. The summed E-state index contributed by atoms with van der Waals surface area (Å²) in [5, 5.41) is 13.2. The van der Waals surface area contributed by atoms with Crippen LogP contribution in [0.25, 0.3) is 0 Å². The van der Waals surface area contributed by atoms with Crippen LogP contribution >= 0.6 is 0 Å². The second kappa shape index (κ2) is 5.31. The van der Waals surface area contributed by atoms with Crippen molar-refractivity contribution in [3.63, 3.8) is 0 Å². The van der Waals surface area contributed by atoms with E-state index >= 15 is 0 Å². The molecule has 0 saturated heterocycles. The van der Waals surface area contributed by atoms with Crippen LogP contribution in [0.15, 0.2) is 0 Å². The summed E-state index contributed by atoms with van der Waals surface area (Å²) in [4.78, 5) is 0. The van der Waals surface area contributed by atoms with Crippen LogP contribution in [0.5, 0.6) is 0 Å². The quantitative estimate of drug-likeness (QED) is 0.752. The van der Waals surface area contributed by atoms with E-state index in [1.165, 1.54) is 25.7 Å². The van der Waals surface area contributed by atoms with E-state index in [1.807, 2.05) is 0 Å². The molecule has 0 aromatic carbocycles. The molecule has 0 aromatic rings. The van der Waals surface area contributed by atoms with Crippen molar-refractivity contribution in [2.45, 2.75) is 65.5 Å². The number of aliphatic hydroxyl groups is 1. The van der Waals surface area contributed by atoms with E-state index in [-0.39, 0.29) is 6.10 Å². The summed E-state index contributed by atoms with van der Waals surface area (Å²) in [5.74, 6) is 0.359. The van der Waals surface area contributed by atoms with Gasteiger partial charge in [0.2, 0.25) is 0 Å². The van der Waals surface area contributed by atoms with Gasteiger partial charge in [-0.1, -0.05) is 27.7 Å². The van der Waals surface area contributed by atoms with Crippen molar-refractivity contribution in [1.29, 1.82) is 0 Å². The molecular formula is C13H27NO. The molecule has 1 saturated carbocycles. The highest BCUT2D eigenvalue weighted by atomic mass is 16.3. The number of hydrogen-bond donors (Lipinski definition) is 2. The van der Waals surface area contributed by atoms with Crippen molar-refractivity contribution in [1.82, 2.24) is 5.32 Å². The minimum absolute atomic E-state index is 0.195. The maximum absolute atomic E-state index is 9.70. The Morgan fingerprint density at radius 1 is 1.27 bits per heavy atom. The van der Waals surface area contributed by atoms with Crippen LogP contribution in [0.3, 0.4) is 0 Å². The predicted octanol–water partition coefficient (Wildman–Crippen LogP) is 2.56. The average Bonchev–Trinajstić information content (AvgIpc) is 2.15. The molecule has 2 nitrogen and oxygen atoms in total. The molecule has 1 fully saturated rings. The lowest BCUT2D eigenvalue weighted by atomic mass is 9.75. The first kappa shape index (κ1) is 13.0. The van der Waals surface area contributed by atoms with Gasteiger partial charge in [-0.25, -0.2) is 0 Å². The number of rotatable bonds is 4. The normalized spacial score (nSPS) is 24.4. The molecular weight excluding hydrogens is 186 g/mol. The third-order valence-corrected chi connectivity index (χ3v) is 3.72. The fourth-order valence-electron chi connectivity index (χ4n) is 2.13. The van der Waals surface area contributed by atoms with Gasteiger partial charge >= 0.3 is 0 Å². The maximum atomic E-state index is 9.70. The smallest absolute Gasteiger partial charge is 0.0687 e. The van der Waals surface area contributed by atoms with Gasteiger partial charge in [-0.3, -0.25) is 0 Å². The molecule has 0 spiro atoms. The molecule has 0 heterocycles. The Balaban J connectivity index is 2.19. The predicted molar refractivity (Wildman–Crippen MR) is 64.9 cm³/mol. The summed E-state index contributed by atoms with van der Waals surface area (Å²) < 4.78 is 0. The largest absolute Gasteiger partial charge is 0.392 e. The monoisotopic (exact) mass is 213 g/mol. The second-order valence-electron chi connectivity index (χ2n) is 6.16. The third kappa shape index (κ3) is 4.52.